The molecule has 0 atom stereocenters. The summed E-state index contributed by atoms with van der Waals surface area (Å²) in [6.07, 6.45) is 0. The van der Waals surface area contributed by atoms with Gasteiger partial charge in [-0.1, -0.05) is 54.6 Å². The Balaban J connectivity index is 1.32. The first-order valence-corrected chi connectivity index (χ1v) is 10.7. The molecule has 0 saturated carbocycles. The zero-order chi connectivity index (χ0) is 21.5. The van der Waals surface area contributed by atoms with Crippen LogP contribution in [0.2, 0.25) is 0 Å². The Morgan fingerprint density at radius 2 is 1.77 bits per heavy atom. The maximum Gasteiger partial charge on any atom is 0.266 e. The van der Waals surface area contributed by atoms with Crippen LogP contribution in [0.3, 0.4) is 0 Å². The lowest BCUT2D eigenvalue weighted by molar-refractivity contribution is -0.123. The zero-order valence-corrected chi connectivity index (χ0v) is 17.5. The van der Waals surface area contributed by atoms with Crippen molar-refractivity contribution in [2.45, 2.75) is 6.54 Å². The summed E-state index contributed by atoms with van der Waals surface area (Å²) >= 11 is 1.56. The molecule has 0 aliphatic rings. The summed E-state index contributed by atoms with van der Waals surface area (Å²) in [5.41, 5.74) is 2.48. The monoisotopic (exact) mass is 431 g/mol. The third-order valence-corrected chi connectivity index (χ3v) is 5.51. The van der Waals surface area contributed by atoms with Crippen LogP contribution in [0.25, 0.3) is 21.7 Å². The van der Waals surface area contributed by atoms with Crippen LogP contribution in [0.4, 0.5) is 0 Å². The maximum atomic E-state index is 12.3. The number of rotatable bonds is 8. The van der Waals surface area contributed by atoms with Gasteiger partial charge in [0.15, 0.2) is 6.61 Å². The van der Waals surface area contributed by atoms with E-state index in [2.05, 4.69) is 10.4 Å². The number of nitrogens with one attached hydrogen (secondary N) is 1. The van der Waals surface area contributed by atoms with Crippen LogP contribution >= 0.6 is 11.3 Å². The van der Waals surface area contributed by atoms with E-state index in [0.29, 0.717) is 5.75 Å². The highest BCUT2D eigenvalue weighted by molar-refractivity contribution is 7.13. The molecule has 0 saturated heterocycles. The predicted octanol–water partition coefficient (Wildman–Crippen LogP) is 3.83. The van der Waals surface area contributed by atoms with E-state index in [1.807, 2.05) is 72.1 Å². The molecule has 6 nitrogen and oxygen atoms in total. The first-order chi connectivity index (χ1) is 15.2. The molecule has 4 rings (SSSR count). The molecular weight excluding hydrogens is 410 g/mol. The fourth-order valence-electron chi connectivity index (χ4n) is 3.11. The van der Waals surface area contributed by atoms with Crippen LogP contribution in [0, 0.1) is 0 Å². The van der Waals surface area contributed by atoms with Gasteiger partial charge >= 0.3 is 0 Å². The number of amides is 1. The molecular formula is C24H21N3O3S. The van der Waals surface area contributed by atoms with Gasteiger partial charge in [-0.2, -0.15) is 5.10 Å². The zero-order valence-electron chi connectivity index (χ0n) is 16.7. The van der Waals surface area contributed by atoms with Gasteiger partial charge in [-0.15, -0.1) is 11.3 Å². The van der Waals surface area contributed by atoms with Crippen LogP contribution < -0.4 is 15.6 Å². The van der Waals surface area contributed by atoms with Gasteiger partial charge in [0.25, 0.3) is 11.5 Å². The van der Waals surface area contributed by atoms with Crippen molar-refractivity contribution < 1.29 is 9.53 Å². The van der Waals surface area contributed by atoms with Crippen LogP contribution in [-0.4, -0.2) is 28.8 Å². The highest BCUT2D eigenvalue weighted by atomic mass is 32.1. The molecule has 156 valence electrons. The van der Waals surface area contributed by atoms with Crippen LogP contribution in [0.5, 0.6) is 5.75 Å². The summed E-state index contributed by atoms with van der Waals surface area (Å²) in [7, 11) is 0. The largest absolute Gasteiger partial charge is 0.483 e. The molecule has 4 aromatic rings. The van der Waals surface area contributed by atoms with E-state index in [-0.39, 0.29) is 31.2 Å². The fourth-order valence-corrected chi connectivity index (χ4v) is 3.80. The smallest absolute Gasteiger partial charge is 0.266 e. The Morgan fingerprint density at radius 1 is 0.968 bits per heavy atom. The maximum absolute atomic E-state index is 12.3. The molecule has 2 heterocycles. The number of thiophene rings is 1. The molecule has 2 aromatic carbocycles. The Bertz CT molecular complexity index is 1200. The Kier molecular flexibility index (Phi) is 6.54. The average molecular weight is 432 g/mol. The molecule has 0 fully saturated rings. The van der Waals surface area contributed by atoms with Crippen molar-refractivity contribution in [2.24, 2.45) is 0 Å². The van der Waals surface area contributed by atoms with Crippen molar-refractivity contribution in [2.75, 3.05) is 13.2 Å². The number of benzene rings is 2. The van der Waals surface area contributed by atoms with Gasteiger partial charge in [-0.3, -0.25) is 9.59 Å². The lowest BCUT2D eigenvalue weighted by Crippen LogP contribution is -2.34. The van der Waals surface area contributed by atoms with Crippen molar-refractivity contribution in [3.63, 3.8) is 0 Å². The minimum Gasteiger partial charge on any atom is -0.483 e. The van der Waals surface area contributed by atoms with E-state index in [4.69, 9.17) is 4.74 Å². The van der Waals surface area contributed by atoms with E-state index < -0.39 is 0 Å². The van der Waals surface area contributed by atoms with Crippen LogP contribution in [0.15, 0.2) is 89.0 Å². The average Bonchev–Trinajstić information content (AvgIpc) is 3.35. The van der Waals surface area contributed by atoms with Crippen molar-refractivity contribution in [1.82, 2.24) is 15.1 Å². The van der Waals surface area contributed by atoms with Gasteiger partial charge in [-0.25, -0.2) is 4.68 Å². The molecule has 7 heteroatoms. The first-order valence-electron chi connectivity index (χ1n) is 9.87. The normalized spacial score (nSPS) is 10.6. The molecule has 1 amide bonds. The number of carbonyl (C=O) groups is 1. The number of aromatic nitrogens is 2. The second-order valence-electron chi connectivity index (χ2n) is 6.76. The summed E-state index contributed by atoms with van der Waals surface area (Å²) in [4.78, 5) is 25.3. The minimum atomic E-state index is -0.259. The molecule has 1 N–H and O–H groups in total. The van der Waals surface area contributed by atoms with E-state index >= 15 is 0 Å². The lowest BCUT2D eigenvalue weighted by Gasteiger charge is -2.12. The molecule has 2 aromatic heterocycles. The summed E-state index contributed by atoms with van der Waals surface area (Å²) in [6.45, 7) is 0.453. The highest BCUT2D eigenvalue weighted by Gasteiger charge is 2.09. The number of para-hydroxylation sites is 1. The van der Waals surface area contributed by atoms with Crippen molar-refractivity contribution in [3.05, 3.63) is 94.6 Å². The quantitative estimate of drug-likeness (QED) is 0.460. The molecule has 0 spiro atoms. The summed E-state index contributed by atoms with van der Waals surface area (Å²) < 4.78 is 7.12. The highest BCUT2D eigenvalue weighted by Crippen LogP contribution is 2.29. The van der Waals surface area contributed by atoms with E-state index in [1.165, 1.54) is 10.7 Å². The van der Waals surface area contributed by atoms with Crippen LogP contribution in [-0.2, 0) is 11.3 Å². The van der Waals surface area contributed by atoms with Gasteiger partial charge in [0.2, 0.25) is 0 Å². The third-order valence-electron chi connectivity index (χ3n) is 4.62. The first kappa shape index (κ1) is 20.6. The van der Waals surface area contributed by atoms with Crippen LogP contribution in [0.1, 0.15) is 0 Å². The predicted molar refractivity (Wildman–Crippen MR) is 122 cm³/mol. The molecule has 0 radical (unpaired) electrons. The number of nitrogens with zero attached hydrogens (tertiary/aromatic N) is 2. The fraction of sp³-hybridized carbons (Fsp3) is 0.125. The summed E-state index contributed by atoms with van der Waals surface area (Å²) in [5.74, 6) is 0.385. The minimum absolute atomic E-state index is 0.110. The van der Waals surface area contributed by atoms with E-state index in [0.717, 1.165) is 21.7 Å². The van der Waals surface area contributed by atoms with Crippen molar-refractivity contribution in [3.8, 4) is 27.4 Å². The Morgan fingerprint density at radius 3 is 2.58 bits per heavy atom. The SMILES string of the molecule is O=C(COc1ccccc1-c1ccccc1)NCCn1nc(-c2cccs2)ccc1=O. The Labute approximate surface area is 183 Å². The second-order valence-corrected chi connectivity index (χ2v) is 7.71. The van der Waals surface area contributed by atoms with Gasteiger partial charge in [-0.05, 0) is 29.1 Å². The van der Waals surface area contributed by atoms with E-state index in [1.54, 1.807) is 17.4 Å². The molecule has 0 aliphatic heterocycles. The van der Waals surface area contributed by atoms with Gasteiger partial charge in [0.1, 0.15) is 11.4 Å². The lowest BCUT2D eigenvalue weighted by atomic mass is 10.1. The molecule has 0 unspecified atom stereocenters. The second kappa shape index (κ2) is 9.86. The van der Waals surface area contributed by atoms with Gasteiger partial charge < -0.3 is 10.1 Å². The third kappa shape index (κ3) is 5.26. The Hall–Kier alpha value is -3.71. The summed E-state index contributed by atoms with van der Waals surface area (Å²) in [6, 6.07) is 24.6. The van der Waals surface area contributed by atoms with Gasteiger partial charge in [0, 0.05) is 18.2 Å². The van der Waals surface area contributed by atoms with Crippen molar-refractivity contribution in [1.29, 1.82) is 0 Å². The van der Waals surface area contributed by atoms with Crippen molar-refractivity contribution >= 4 is 17.2 Å². The molecule has 0 bridgehead atoms. The topological polar surface area (TPSA) is 73.2 Å². The van der Waals surface area contributed by atoms with Gasteiger partial charge in [0.05, 0.1) is 11.4 Å². The summed E-state index contributed by atoms with van der Waals surface area (Å²) in [5, 5.41) is 9.12. The number of hydrogen-bond acceptors (Lipinski definition) is 5. The molecule has 0 aliphatic carbocycles. The standard InChI is InChI=1S/C24H21N3O3S/c28-23(17-30-21-10-5-4-9-19(21)18-7-2-1-3-8-18)25-14-15-27-24(29)13-12-20(26-27)22-11-6-16-31-22/h1-13,16H,14-15,17H2,(H,25,28). The number of ether oxygens (including phenoxy) is 1. The molecule has 31 heavy (non-hydrogen) atoms. The van der Waals surface area contributed by atoms with E-state index in [9.17, 15) is 9.59 Å². The number of carbonyl (C=O) groups excluding carboxylic acids is 1. The number of hydrogen-bond donors (Lipinski definition) is 1.